The SMILES string of the molecule is COc1cccc(-c2noc([C@H]3CCCN(C(=O)Nc4ccc(SC)cc4)C3)n2)c1. The summed E-state index contributed by atoms with van der Waals surface area (Å²) in [5.74, 6) is 1.86. The third kappa shape index (κ3) is 4.59. The first-order chi connectivity index (χ1) is 14.7. The van der Waals surface area contributed by atoms with Crippen LogP contribution in [0.1, 0.15) is 24.7 Å². The van der Waals surface area contributed by atoms with Crippen LogP contribution in [0.5, 0.6) is 5.75 Å². The summed E-state index contributed by atoms with van der Waals surface area (Å²) in [6.45, 7) is 1.26. The molecule has 0 saturated carbocycles. The summed E-state index contributed by atoms with van der Waals surface area (Å²) in [5.41, 5.74) is 1.63. The standard InChI is InChI=1S/C22H24N4O3S/c1-28-18-7-3-5-15(13-18)20-24-21(29-25-20)16-6-4-12-26(14-16)22(27)23-17-8-10-19(30-2)11-9-17/h3,5,7-11,13,16H,4,6,12,14H2,1-2H3,(H,23,27)/t16-/m0/s1. The summed E-state index contributed by atoms with van der Waals surface area (Å²) in [6.07, 6.45) is 3.82. The van der Waals surface area contributed by atoms with Crippen molar-refractivity contribution in [2.24, 2.45) is 0 Å². The summed E-state index contributed by atoms with van der Waals surface area (Å²) in [7, 11) is 1.62. The summed E-state index contributed by atoms with van der Waals surface area (Å²) in [5, 5.41) is 7.10. The van der Waals surface area contributed by atoms with Crippen LogP contribution in [-0.2, 0) is 0 Å². The molecule has 8 heteroatoms. The van der Waals surface area contributed by atoms with E-state index in [4.69, 9.17) is 9.26 Å². The lowest BCUT2D eigenvalue weighted by Crippen LogP contribution is -2.41. The number of amides is 2. The number of thioether (sulfide) groups is 1. The molecular weight excluding hydrogens is 400 g/mol. The van der Waals surface area contributed by atoms with Crippen LogP contribution in [0.15, 0.2) is 57.9 Å². The van der Waals surface area contributed by atoms with Gasteiger partial charge in [0.15, 0.2) is 0 Å². The number of benzene rings is 2. The van der Waals surface area contributed by atoms with E-state index >= 15 is 0 Å². The van der Waals surface area contributed by atoms with Crippen molar-refractivity contribution in [3.63, 3.8) is 0 Å². The molecule has 1 aliphatic rings. The van der Waals surface area contributed by atoms with Gasteiger partial charge in [0.2, 0.25) is 11.7 Å². The van der Waals surface area contributed by atoms with E-state index in [1.807, 2.05) is 59.7 Å². The van der Waals surface area contributed by atoms with Gasteiger partial charge in [-0.15, -0.1) is 11.8 Å². The molecule has 2 amide bonds. The normalized spacial score (nSPS) is 16.3. The number of hydrogen-bond donors (Lipinski definition) is 1. The second-order valence-corrected chi connectivity index (χ2v) is 8.01. The van der Waals surface area contributed by atoms with Gasteiger partial charge in [-0.2, -0.15) is 4.98 Å². The third-order valence-corrected chi connectivity index (χ3v) is 5.91. The van der Waals surface area contributed by atoms with Gasteiger partial charge in [-0.25, -0.2) is 4.79 Å². The zero-order valence-electron chi connectivity index (χ0n) is 17.0. The molecule has 4 rings (SSSR count). The van der Waals surface area contributed by atoms with Crippen molar-refractivity contribution in [3.05, 3.63) is 54.4 Å². The number of hydrogen-bond acceptors (Lipinski definition) is 6. The lowest BCUT2D eigenvalue weighted by Gasteiger charge is -2.31. The number of carbonyl (C=O) groups is 1. The van der Waals surface area contributed by atoms with Crippen molar-refractivity contribution < 1.29 is 14.1 Å². The molecule has 0 aliphatic carbocycles. The number of rotatable bonds is 5. The summed E-state index contributed by atoms with van der Waals surface area (Å²) in [4.78, 5) is 20.3. The molecule has 0 radical (unpaired) electrons. The maximum absolute atomic E-state index is 12.7. The van der Waals surface area contributed by atoms with Gasteiger partial charge in [0.1, 0.15) is 5.75 Å². The zero-order valence-corrected chi connectivity index (χ0v) is 17.8. The van der Waals surface area contributed by atoms with Crippen molar-refractivity contribution in [1.82, 2.24) is 15.0 Å². The molecule has 2 aromatic carbocycles. The fourth-order valence-corrected chi connectivity index (χ4v) is 3.93. The molecule has 0 unspecified atom stereocenters. The number of nitrogens with zero attached hydrogens (tertiary/aromatic N) is 3. The number of piperidine rings is 1. The molecule has 2 heterocycles. The molecule has 1 fully saturated rings. The summed E-state index contributed by atoms with van der Waals surface area (Å²) < 4.78 is 10.8. The molecule has 1 atom stereocenters. The Balaban J connectivity index is 1.42. The third-order valence-electron chi connectivity index (χ3n) is 5.17. The van der Waals surface area contributed by atoms with E-state index < -0.39 is 0 Å². The quantitative estimate of drug-likeness (QED) is 0.588. The number of aromatic nitrogens is 2. The van der Waals surface area contributed by atoms with Crippen molar-refractivity contribution in [3.8, 4) is 17.1 Å². The summed E-state index contributed by atoms with van der Waals surface area (Å²) in [6, 6.07) is 15.3. The van der Waals surface area contributed by atoms with Gasteiger partial charge in [0, 0.05) is 29.2 Å². The molecule has 1 aromatic heterocycles. The monoisotopic (exact) mass is 424 g/mol. The fourth-order valence-electron chi connectivity index (χ4n) is 3.52. The Hall–Kier alpha value is -3.00. The van der Waals surface area contributed by atoms with Crippen molar-refractivity contribution in [2.75, 3.05) is 31.8 Å². The van der Waals surface area contributed by atoms with Gasteiger partial charge < -0.3 is 19.5 Å². The second-order valence-electron chi connectivity index (χ2n) is 7.13. The second kappa shape index (κ2) is 9.21. The van der Waals surface area contributed by atoms with Crippen LogP contribution in [0.2, 0.25) is 0 Å². The molecule has 1 N–H and O–H groups in total. The minimum absolute atomic E-state index is 0.0234. The van der Waals surface area contributed by atoms with Gasteiger partial charge in [0.25, 0.3) is 0 Å². The Morgan fingerprint density at radius 2 is 2.10 bits per heavy atom. The van der Waals surface area contributed by atoms with Gasteiger partial charge in [-0.3, -0.25) is 0 Å². The molecule has 1 saturated heterocycles. The largest absolute Gasteiger partial charge is 0.497 e. The number of ether oxygens (including phenoxy) is 1. The highest BCUT2D eigenvalue weighted by molar-refractivity contribution is 7.98. The Morgan fingerprint density at radius 3 is 2.87 bits per heavy atom. The molecule has 156 valence electrons. The van der Waals surface area contributed by atoms with Crippen LogP contribution in [0.3, 0.4) is 0 Å². The maximum Gasteiger partial charge on any atom is 0.321 e. The summed E-state index contributed by atoms with van der Waals surface area (Å²) >= 11 is 1.67. The van der Waals surface area contributed by atoms with Crippen LogP contribution in [0.4, 0.5) is 10.5 Å². The average Bonchev–Trinajstić information content (AvgIpc) is 3.30. The molecular formula is C22H24N4O3S. The smallest absolute Gasteiger partial charge is 0.321 e. The molecule has 7 nitrogen and oxygen atoms in total. The van der Waals surface area contributed by atoms with Crippen LogP contribution >= 0.6 is 11.8 Å². The van der Waals surface area contributed by atoms with E-state index in [2.05, 4.69) is 15.5 Å². The van der Waals surface area contributed by atoms with E-state index in [-0.39, 0.29) is 11.9 Å². The Morgan fingerprint density at radius 1 is 1.27 bits per heavy atom. The first kappa shape index (κ1) is 20.3. The number of methoxy groups -OCH3 is 1. The molecule has 0 bridgehead atoms. The highest BCUT2D eigenvalue weighted by Gasteiger charge is 2.29. The number of likely N-dealkylation sites (tertiary alicyclic amines) is 1. The number of carbonyl (C=O) groups excluding carboxylic acids is 1. The fraction of sp³-hybridized carbons (Fsp3) is 0.318. The lowest BCUT2D eigenvalue weighted by molar-refractivity contribution is 0.184. The Kier molecular flexibility index (Phi) is 6.23. The van der Waals surface area contributed by atoms with Crippen molar-refractivity contribution in [2.45, 2.75) is 23.7 Å². The van der Waals surface area contributed by atoms with Gasteiger partial charge in [0.05, 0.1) is 13.0 Å². The average molecular weight is 425 g/mol. The van der Waals surface area contributed by atoms with Crippen LogP contribution in [0, 0.1) is 0 Å². The Labute approximate surface area is 179 Å². The first-order valence-electron chi connectivity index (χ1n) is 9.84. The predicted octanol–water partition coefficient (Wildman–Crippen LogP) is 4.88. The van der Waals surface area contributed by atoms with Gasteiger partial charge in [-0.1, -0.05) is 17.3 Å². The highest BCUT2D eigenvalue weighted by Crippen LogP contribution is 2.29. The molecule has 1 aliphatic heterocycles. The number of anilines is 1. The molecule has 0 spiro atoms. The van der Waals surface area contributed by atoms with E-state index in [1.165, 1.54) is 0 Å². The predicted molar refractivity (Wildman–Crippen MR) is 117 cm³/mol. The molecule has 30 heavy (non-hydrogen) atoms. The minimum atomic E-state index is -0.107. The van der Waals surface area contributed by atoms with Crippen LogP contribution in [0.25, 0.3) is 11.4 Å². The van der Waals surface area contributed by atoms with Gasteiger partial charge in [-0.05, 0) is 55.5 Å². The number of urea groups is 1. The van der Waals surface area contributed by atoms with Crippen molar-refractivity contribution >= 4 is 23.5 Å². The highest BCUT2D eigenvalue weighted by atomic mass is 32.2. The van der Waals surface area contributed by atoms with E-state index in [9.17, 15) is 4.79 Å². The zero-order chi connectivity index (χ0) is 20.9. The molecule has 3 aromatic rings. The van der Waals surface area contributed by atoms with E-state index in [0.717, 1.165) is 34.7 Å². The first-order valence-corrected chi connectivity index (χ1v) is 11.1. The van der Waals surface area contributed by atoms with Gasteiger partial charge >= 0.3 is 6.03 Å². The Bertz CT molecular complexity index is 1010. The van der Waals surface area contributed by atoms with Crippen molar-refractivity contribution in [1.29, 1.82) is 0 Å². The van der Waals surface area contributed by atoms with Crippen LogP contribution in [-0.4, -0.2) is 47.5 Å². The van der Waals surface area contributed by atoms with E-state index in [0.29, 0.717) is 24.8 Å². The topological polar surface area (TPSA) is 80.5 Å². The van der Waals surface area contributed by atoms with Crippen LogP contribution < -0.4 is 10.1 Å². The minimum Gasteiger partial charge on any atom is -0.497 e. The maximum atomic E-state index is 12.7. The van der Waals surface area contributed by atoms with E-state index in [1.54, 1.807) is 18.9 Å². The lowest BCUT2D eigenvalue weighted by atomic mass is 9.98. The number of nitrogens with one attached hydrogen (secondary N) is 1.